The maximum absolute atomic E-state index is 12.9. The first-order chi connectivity index (χ1) is 17.1. The zero-order valence-corrected chi connectivity index (χ0v) is 22.0. The second-order valence-corrected chi connectivity index (χ2v) is 11.1. The lowest BCUT2D eigenvalue weighted by Gasteiger charge is -2.14. The molecule has 0 atom stereocenters. The van der Waals surface area contributed by atoms with Crippen molar-refractivity contribution in [3.63, 3.8) is 0 Å². The Bertz CT molecular complexity index is 1480. The molecule has 186 valence electrons. The summed E-state index contributed by atoms with van der Waals surface area (Å²) in [6.07, 6.45) is 1.51. The molecule has 1 aliphatic rings. The standard InChI is InChI=1S/C26H22ClNO6S2/c1-16-7-9-20(10-8-16)36(31,32)34-24-21(27)12-19(13-22(24)33-3)14-23-25(29)28(26(30)35-23)15-18-6-4-5-17(2)11-18/h4-14H,15H2,1-3H3/b23-14-. The third kappa shape index (κ3) is 5.59. The largest absolute Gasteiger partial charge is 0.493 e. The maximum Gasteiger partial charge on any atom is 0.339 e. The molecule has 0 radical (unpaired) electrons. The molecule has 0 aromatic heterocycles. The summed E-state index contributed by atoms with van der Waals surface area (Å²) in [6.45, 7) is 3.94. The maximum atomic E-state index is 12.9. The first-order valence-electron chi connectivity index (χ1n) is 10.8. The van der Waals surface area contributed by atoms with Crippen LogP contribution in [0.3, 0.4) is 0 Å². The number of imide groups is 1. The van der Waals surface area contributed by atoms with Crippen molar-refractivity contribution in [2.75, 3.05) is 7.11 Å². The van der Waals surface area contributed by atoms with Crippen LogP contribution in [0.4, 0.5) is 4.79 Å². The van der Waals surface area contributed by atoms with Crippen molar-refractivity contribution in [2.45, 2.75) is 25.3 Å². The summed E-state index contributed by atoms with van der Waals surface area (Å²) in [7, 11) is -2.82. The molecule has 1 heterocycles. The molecular formula is C26H22ClNO6S2. The molecule has 10 heteroatoms. The highest BCUT2D eigenvalue weighted by molar-refractivity contribution is 8.18. The van der Waals surface area contributed by atoms with Crippen LogP contribution in [0.15, 0.2) is 70.5 Å². The van der Waals surface area contributed by atoms with Gasteiger partial charge in [0.25, 0.3) is 11.1 Å². The molecule has 1 saturated heterocycles. The lowest BCUT2D eigenvalue weighted by molar-refractivity contribution is -0.123. The molecule has 4 rings (SSSR count). The van der Waals surface area contributed by atoms with E-state index in [1.807, 2.05) is 38.1 Å². The molecular weight excluding hydrogens is 522 g/mol. The highest BCUT2D eigenvalue weighted by Crippen LogP contribution is 2.40. The molecule has 0 saturated carbocycles. The molecule has 0 unspecified atom stereocenters. The Morgan fingerprint density at radius 3 is 2.39 bits per heavy atom. The second-order valence-electron chi connectivity index (χ2n) is 8.14. The fraction of sp³-hybridized carbons (Fsp3) is 0.154. The van der Waals surface area contributed by atoms with Gasteiger partial charge in [-0.05, 0) is 67.1 Å². The summed E-state index contributed by atoms with van der Waals surface area (Å²) in [4.78, 5) is 26.8. The van der Waals surface area contributed by atoms with E-state index in [4.69, 9.17) is 20.5 Å². The number of hydrogen-bond acceptors (Lipinski definition) is 7. The zero-order valence-electron chi connectivity index (χ0n) is 19.6. The van der Waals surface area contributed by atoms with Gasteiger partial charge in [0.05, 0.1) is 23.6 Å². The third-order valence-corrected chi connectivity index (χ3v) is 7.77. The first-order valence-corrected chi connectivity index (χ1v) is 13.4. The summed E-state index contributed by atoms with van der Waals surface area (Å²) in [6, 6.07) is 16.7. The number of rotatable bonds is 7. The Kier molecular flexibility index (Phi) is 7.44. The van der Waals surface area contributed by atoms with Gasteiger partial charge in [0.1, 0.15) is 4.90 Å². The van der Waals surface area contributed by atoms with Crippen LogP contribution in [0.2, 0.25) is 5.02 Å². The Labute approximate surface area is 218 Å². The molecule has 1 aliphatic heterocycles. The highest BCUT2D eigenvalue weighted by atomic mass is 35.5. The van der Waals surface area contributed by atoms with Crippen LogP contribution in [0.1, 0.15) is 22.3 Å². The monoisotopic (exact) mass is 543 g/mol. The Hall–Kier alpha value is -3.27. The molecule has 3 aromatic carbocycles. The smallest absolute Gasteiger partial charge is 0.339 e. The van der Waals surface area contributed by atoms with Crippen molar-refractivity contribution in [1.29, 1.82) is 0 Å². The Morgan fingerprint density at radius 2 is 1.72 bits per heavy atom. The van der Waals surface area contributed by atoms with Crippen LogP contribution in [0, 0.1) is 13.8 Å². The summed E-state index contributed by atoms with van der Waals surface area (Å²) in [5.41, 5.74) is 3.22. The van der Waals surface area contributed by atoms with Gasteiger partial charge in [-0.25, -0.2) is 0 Å². The van der Waals surface area contributed by atoms with Gasteiger partial charge in [0, 0.05) is 0 Å². The van der Waals surface area contributed by atoms with Crippen LogP contribution >= 0.6 is 23.4 Å². The highest BCUT2D eigenvalue weighted by Gasteiger charge is 2.35. The number of halogens is 1. The minimum absolute atomic E-state index is 0.0300. The predicted octanol–water partition coefficient (Wildman–Crippen LogP) is 5.97. The van der Waals surface area contributed by atoms with Crippen LogP contribution in [0.25, 0.3) is 6.08 Å². The molecule has 0 N–H and O–H groups in total. The van der Waals surface area contributed by atoms with Crippen LogP contribution in [0.5, 0.6) is 11.5 Å². The number of amides is 2. The van der Waals surface area contributed by atoms with E-state index < -0.39 is 16.0 Å². The molecule has 2 amide bonds. The van der Waals surface area contributed by atoms with Gasteiger partial charge in [0.15, 0.2) is 5.75 Å². The van der Waals surface area contributed by atoms with Gasteiger partial charge in [-0.15, -0.1) is 0 Å². The van der Waals surface area contributed by atoms with Crippen LogP contribution in [-0.4, -0.2) is 31.6 Å². The van der Waals surface area contributed by atoms with E-state index in [1.165, 1.54) is 42.4 Å². The minimum atomic E-state index is -4.17. The number of hydrogen-bond donors (Lipinski definition) is 0. The van der Waals surface area contributed by atoms with Gasteiger partial charge in [-0.1, -0.05) is 59.1 Å². The van der Waals surface area contributed by atoms with E-state index in [2.05, 4.69) is 0 Å². The third-order valence-electron chi connectivity index (χ3n) is 5.35. The molecule has 7 nitrogen and oxygen atoms in total. The van der Waals surface area contributed by atoms with Crippen molar-refractivity contribution >= 4 is 50.7 Å². The SMILES string of the molecule is COc1cc(/C=C2\SC(=O)N(Cc3cccc(C)c3)C2=O)cc(Cl)c1OS(=O)(=O)c1ccc(C)cc1. The zero-order chi connectivity index (χ0) is 26.0. The van der Waals surface area contributed by atoms with Gasteiger partial charge in [0.2, 0.25) is 5.75 Å². The summed E-state index contributed by atoms with van der Waals surface area (Å²) >= 11 is 7.19. The number of methoxy groups -OCH3 is 1. The molecule has 0 spiro atoms. The lowest BCUT2D eigenvalue weighted by atomic mass is 10.1. The van der Waals surface area contributed by atoms with Gasteiger partial charge >= 0.3 is 10.1 Å². The van der Waals surface area contributed by atoms with Crippen LogP contribution in [-0.2, 0) is 21.5 Å². The average molecular weight is 544 g/mol. The lowest BCUT2D eigenvalue weighted by Crippen LogP contribution is -2.27. The van der Waals surface area contributed by atoms with E-state index in [1.54, 1.807) is 12.1 Å². The summed E-state index contributed by atoms with van der Waals surface area (Å²) in [5.74, 6) is -0.545. The molecule has 0 bridgehead atoms. The van der Waals surface area contributed by atoms with E-state index in [0.29, 0.717) is 5.56 Å². The van der Waals surface area contributed by atoms with Crippen molar-refractivity contribution < 1.29 is 26.9 Å². The quantitative estimate of drug-likeness (QED) is 0.268. The average Bonchev–Trinajstić information content (AvgIpc) is 3.08. The van der Waals surface area contributed by atoms with Crippen molar-refractivity contribution in [3.05, 3.63) is 92.8 Å². The Morgan fingerprint density at radius 1 is 1.00 bits per heavy atom. The van der Waals surface area contributed by atoms with E-state index in [-0.39, 0.29) is 38.1 Å². The summed E-state index contributed by atoms with van der Waals surface area (Å²) < 4.78 is 36.1. The minimum Gasteiger partial charge on any atom is -0.493 e. The molecule has 3 aromatic rings. The van der Waals surface area contributed by atoms with Crippen molar-refractivity contribution in [2.24, 2.45) is 0 Å². The Balaban J connectivity index is 1.60. The van der Waals surface area contributed by atoms with E-state index in [9.17, 15) is 18.0 Å². The number of thioether (sulfide) groups is 1. The van der Waals surface area contributed by atoms with Crippen molar-refractivity contribution in [3.8, 4) is 11.5 Å². The van der Waals surface area contributed by atoms with Gasteiger partial charge in [-0.2, -0.15) is 8.42 Å². The molecule has 36 heavy (non-hydrogen) atoms. The molecule has 1 fully saturated rings. The number of aryl methyl sites for hydroxylation is 2. The van der Waals surface area contributed by atoms with E-state index >= 15 is 0 Å². The first kappa shape index (κ1) is 25.8. The number of nitrogens with zero attached hydrogens (tertiary/aromatic N) is 1. The number of ether oxygens (including phenoxy) is 1. The topological polar surface area (TPSA) is 90.0 Å². The number of carbonyl (C=O) groups excluding carboxylic acids is 2. The fourth-order valence-corrected chi connectivity index (χ4v) is 5.65. The van der Waals surface area contributed by atoms with E-state index in [0.717, 1.165) is 28.5 Å². The fourth-order valence-electron chi connectivity index (χ4n) is 3.55. The normalized spacial score (nSPS) is 15.0. The molecule has 0 aliphatic carbocycles. The van der Waals surface area contributed by atoms with Gasteiger partial charge < -0.3 is 8.92 Å². The number of carbonyl (C=O) groups is 2. The van der Waals surface area contributed by atoms with Gasteiger partial charge in [-0.3, -0.25) is 14.5 Å². The van der Waals surface area contributed by atoms with Crippen molar-refractivity contribution in [1.82, 2.24) is 4.90 Å². The predicted molar refractivity (Wildman–Crippen MR) is 140 cm³/mol. The summed E-state index contributed by atoms with van der Waals surface area (Å²) in [5, 5.41) is -0.412. The van der Waals surface area contributed by atoms with Crippen LogP contribution < -0.4 is 8.92 Å². The second kappa shape index (κ2) is 10.4. The number of benzene rings is 3.